The van der Waals surface area contributed by atoms with Gasteiger partial charge in [0.05, 0.1) is 25.4 Å². The number of carbonyl (C=O) groups excluding carboxylic acids is 2. The van der Waals surface area contributed by atoms with E-state index in [1.54, 1.807) is 0 Å². The maximum absolute atomic E-state index is 12.4. The van der Waals surface area contributed by atoms with Crippen molar-refractivity contribution in [2.75, 3.05) is 13.2 Å². The van der Waals surface area contributed by atoms with Crippen molar-refractivity contribution in [3.63, 3.8) is 0 Å². The molecular weight excluding hydrogens is 887 g/mol. The molecule has 2 atom stereocenters. The number of carbonyl (C=O) groups is 2. The number of unbranched alkanes of at least 4 members (excludes halogenated alkanes) is 40. The predicted molar refractivity (Wildman–Crippen MR) is 315 cm³/mol. The van der Waals surface area contributed by atoms with Gasteiger partial charge in [-0.3, -0.25) is 9.59 Å². The van der Waals surface area contributed by atoms with Crippen LogP contribution in [0.2, 0.25) is 0 Å². The summed E-state index contributed by atoms with van der Waals surface area (Å²) in [4.78, 5) is 24.5. The molecule has 0 radical (unpaired) electrons. The van der Waals surface area contributed by atoms with E-state index in [9.17, 15) is 19.8 Å². The molecule has 72 heavy (non-hydrogen) atoms. The van der Waals surface area contributed by atoms with Gasteiger partial charge in [0.2, 0.25) is 5.91 Å². The number of rotatable bonds is 59. The van der Waals surface area contributed by atoms with Gasteiger partial charge in [-0.1, -0.05) is 287 Å². The topological polar surface area (TPSA) is 95.9 Å². The smallest absolute Gasteiger partial charge is 0.305 e. The lowest BCUT2D eigenvalue weighted by Gasteiger charge is -2.22. The third-order valence-corrected chi connectivity index (χ3v) is 14.6. The molecular formula is C66H123NO5. The Balaban J connectivity index is 3.38. The highest BCUT2D eigenvalue weighted by Gasteiger charge is 2.20. The van der Waals surface area contributed by atoms with E-state index in [4.69, 9.17) is 4.74 Å². The Kier molecular flexibility index (Phi) is 59.5. The van der Waals surface area contributed by atoms with Crippen molar-refractivity contribution in [3.05, 3.63) is 48.6 Å². The van der Waals surface area contributed by atoms with Gasteiger partial charge in [-0.25, -0.2) is 0 Å². The van der Waals surface area contributed by atoms with Crippen LogP contribution in [-0.2, 0) is 14.3 Å². The molecule has 0 aliphatic carbocycles. The predicted octanol–water partition coefficient (Wildman–Crippen LogP) is 20.1. The minimum atomic E-state index is -0.663. The number of esters is 1. The minimum Gasteiger partial charge on any atom is -0.466 e. The molecule has 0 aromatic carbocycles. The largest absolute Gasteiger partial charge is 0.466 e. The molecule has 2 unspecified atom stereocenters. The van der Waals surface area contributed by atoms with Crippen molar-refractivity contribution in [3.8, 4) is 0 Å². The summed E-state index contributed by atoms with van der Waals surface area (Å²) in [5.41, 5.74) is 0. The molecule has 0 spiro atoms. The summed E-state index contributed by atoms with van der Waals surface area (Å²) in [6.45, 7) is 4.88. The zero-order valence-corrected chi connectivity index (χ0v) is 48.2. The van der Waals surface area contributed by atoms with E-state index >= 15 is 0 Å². The molecule has 0 heterocycles. The number of nitrogens with one attached hydrogen (secondary N) is 1. The van der Waals surface area contributed by atoms with E-state index in [1.807, 2.05) is 0 Å². The number of hydrogen-bond acceptors (Lipinski definition) is 5. The summed E-state index contributed by atoms with van der Waals surface area (Å²) >= 11 is 0. The van der Waals surface area contributed by atoms with E-state index in [0.717, 1.165) is 57.8 Å². The monoisotopic (exact) mass is 1010 g/mol. The first-order valence-corrected chi connectivity index (χ1v) is 31.9. The molecule has 422 valence electrons. The van der Waals surface area contributed by atoms with Gasteiger partial charge >= 0.3 is 5.97 Å². The molecule has 3 N–H and O–H groups in total. The van der Waals surface area contributed by atoms with E-state index in [-0.39, 0.29) is 18.5 Å². The van der Waals surface area contributed by atoms with Gasteiger partial charge in [-0.05, 0) is 83.5 Å². The van der Waals surface area contributed by atoms with Gasteiger partial charge in [0, 0.05) is 12.8 Å². The molecule has 0 fully saturated rings. The molecule has 0 aliphatic heterocycles. The number of aliphatic hydroxyl groups is 2. The lowest BCUT2D eigenvalue weighted by molar-refractivity contribution is -0.143. The van der Waals surface area contributed by atoms with Gasteiger partial charge < -0.3 is 20.3 Å². The second-order valence-corrected chi connectivity index (χ2v) is 21.7. The van der Waals surface area contributed by atoms with Gasteiger partial charge in [-0.15, -0.1) is 0 Å². The van der Waals surface area contributed by atoms with Crippen molar-refractivity contribution < 1.29 is 24.5 Å². The van der Waals surface area contributed by atoms with Crippen molar-refractivity contribution >= 4 is 11.9 Å². The number of amides is 1. The fourth-order valence-electron chi connectivity index (χ4n) is 9.71. The molecule has 0 rings (SSSR count). The molecule has 0 aromatic rings. The quantitative estimate of drug-likeness (QED) is 0.0320. The van der Waals surface area contributed by atoms with Gasteiger partial charge in [0.1, 0.15) is 0 Å². The molecule has 0 aliphatic rings. The third kappa shape index (κ3) is 57.1. The Morgan fingerprint density at radius 2 is 0.722 bits per heavy atom. The Morgan fingerprint density at radius 1 is 0.389 bits per heavy atom. The van der Waals surface area contributed by atoms with Crippen molar-refractivity contribution in [2.24, 2.45) is 0 Å². The van der Waals surface area contributed by atoms with E-state index in [0.29, 0.717) is 25.9 Å². The van der Waals surface area contributed by atoms with Crippen molar-refractivity contribution in [1.29, 1.82) is 0 Å². The lowest BCUT2D eigenvalue weighted by Crippen LogP contribution is -2.45. The molecule has 6 nitrogen and oxygen atoms in total. The zero-order valence-electron chi connectivity index (χ0n) is 48.2. The highest BCUT2D eigenvalue weighted by Crippen LogP contribution is 2.17. The summed E-state index contributed by atoms with van der Waals surface area (Å²) in [5, 5.41) is 23.2. The molecule has 1 amide bonds. The van der Waals surface area contributed by atoms with Crippen LogP contribution >= 0.6 is 0 Å². The van der Waals surface area contributed by atoms with Crippen LogP contribution in [-0.4, -0.2) is 47.4 Å². The maximum Gasteiger partial charge on any atom is 0.305 e. The number of allylic oxidation sites excluding steroid dienone is 8. The van der Waals surface area contributed by atoms with Crippen LogP contribution in [0.4, 0.5) is 0 Å². The average Bonchev–Trinajstić information content (AvgIpc) is 3.38. The molecule has 6 heteroatoms. The first kappa shape index (κ1) is 69.8. The molecule has 0 bridgehead atoms. The zero-order chi connectivity index (χ0) is 52.2. The van der Waals surface area contributed by atoms with E-state index in [2.05, 4.69) is 67.8 Å². The van der Waals surface area contributed by atoms with Crippen molar-refractivity contribution in [2.45, 2.75) is 347 Å². The number of aliphatic hydroxyl groups excluding tert-OH is 2. The Labute approximate surface area is 448 Å². The standard InChI is InChI=1S/C66H123NO5/c1-3-5-7-9-11-13-15-35-40-44-48-52-56-60-66(71)72-61-57-53-49-45-41-37-34-32-30-28-26-24-22-20-18-16-17-19-21-23-25-27-29-31-33-36-39-43-47-51-55-59-65(70)67-63(62-68)64(69)58-54-50-46-42-38-14-12-10-8-6-4-2/h7,9,13,15,18,20,24,26,63-64,68-69H,3-6,8,10-12,14,16-17,19,21-23,25,27-62H2,1-2H3,(H,67,70)/b9-7-,15-13-,20-18-,26-24-. The van der Waals surface area contributed by atoms with Crippen molar-refractivity contribution in [1.82, 2.24) is 5.32 Å². The van der Waals surface area contributed by atoms with Gasteiger partial charge in [0.15, 0.2) is 0 Å². The summed E-state index contributed by atoms with van der Waals surface area (Å²) < 4.78 is 5.47. The lowest BCUT2D eigenvalue weighted by atomic mass is 10.0. The van der Waals surface area contributed by atoms with Crippen LogP contribution < -0.4 is 5.32 Å². The van der Waals surface area contributed by atoms with Crippen LogP contribution in [0.15, 0.2) is 48.6 Å². The summed E-state index contributed by atoms with van der Waals surface area (Å²) in [6, 6.07) is -0.540. The second-order valence-electron chi connectivity index (χ2n) is 21.7. The van der Waals surface area contributed by atoms with E-state index in [1.165, 1.54) is 244 Å². The van der Waals surface area contributed by atoms with Crippen LogP contribution in [0.3, 0.4) is 0 Å². The average molecular weight is 1010 g/mol. The Hall–Kier alpha value is -2.18. The minimum absolute atomic E-state index is 0.00259. The van der Waals surface area contributed by atoms with Gasteiger partial charge in [0.25, 0.3) is 0 Å². The van der Waals surface area contributed by atoms with Crippen LogP contribution in [0.1, 0.15) is 335 Å². The molecule has 0 aromatic heterocycles. The summed E-state index contributed by atoms with van der Waals surface area (Å²) in [7, 11) is 0. The first-order valence-electron chi connectivity index (χ1n) is 31.9. The fraction of sp³-hybridized carbons (Fsp3) is 0.848. The van der Waals surface area contributed by atoms with Crippen LogP contribution in [0.5, 0.6) is 0 Å². The first-order chi connectivity index (χ1) is 35.5. The van der Waals surface area contributed by atoms with Crippen LogP contribution in [0.25, 0.3) is 0 Å². The summed E-state index contributed by atoms with van der Waals surface area (Å²) in [5.74, 6) is -0.0375. The molecule has 0 saturated heterocycles. The SMILES string of the molecule is CCC/C=C\C/C=C\CCCCCCCC(=O)OCCCCCCCCCCC/C=C\C/C=C\CCCCCCCCCCCCCCCCCC(=O)NC(CO)C(O)CCCCCCCCCCCCC. The second kappa shape index (κ2) is 61.4. The maximum atomic E-state index is 12.4. The van der Waals surface area contributed by atoms with Gasteiger partial charge in [-0.2, -0.15) is 0 Å². The van der Waals surface area contributed by atoms with Crippen LogP contribution in [0, 0.1) is 0 Å². The fourth-order valence-corrected chi connectivity index (χ4v) is 9.71. The summed E-state index contributed by atoms with van der Waals surface area (Å²) in [6.07, 6.45) is 78.6. The Bertz CT molecular complexity index is 1210. The number of hydrogen-bond donors (Lipinski definition) is 3. The Morgan fingerprint density at radius 3 is 1.11 bits per heavy atom. The highest BCUT2D eigenvalue weighted by atomic mass is 16.5. The van der Waals surface area contributed by atoms with E-state index < -0.39 is 12.1 Å². The molecule has 0 saturated carbocycles. The highest BCUT2D eigenvalue weighted by molar-refractivity contribution is 5.76. The number of ether oxygens (including phenoxy) is 1. The normalized spacial score (nSPS) is 12.9. The third-order valence-electron chi connectivity index (χ3n) is 14.6.